The Kier molecular flexibility index (Phi) is 11.2. The molecule has 0 unspecified atom stereocenters. The molecule has 8 heterocycles. The molecule has 8 bridgehead atoms. The van der Waals surface area contributed by atoms with Gasteiger partial charge in [-0.05, 0) is 112 Å². The van der Waals surface area contributed by atoms with Crippen molar-refractivity contribution in [3.05, 3.63) is 46.8 Å². The summed E-state index contributed by atoms with van der Waals surface area (Å²) >= 11 is 0. The summed E-state index contributed by atoms with van der Waals surface area (Å²) in [5.74, 6) is 2.13. The number of nitrogens with one attached hydrogen (secondary N) is 3. The van der Waals surface area contributed by atoms with Crippen LogP contribution in [0.15, 0.2) is 33.4 Å². The summed E-state index contributed by atoms with van der Waals surface area (Å²) in [5.41, 5.74) is 12.3. The molecule has 0 aromatic carbocycles. The summed E-state index contributed by atoms with van der Waals surface area (Å²) in [7, 11) is 0. The summed E-state index contributed by atoms with van der Waals surface area (Å²) in [6.45, 7) is 13.3. The van der Waals surface area contributed by atoms with Crippen molar-refractivity contribution in [1.29, 1.82) is 0 Å². The second-order valence-corrected chi connectivity index (χ2v) is 15.4. The van der Waals surface area contributed by atoms with Crippen LogP contribution in [0.1, 0.15) is 95.4 Å². The summed E-state index contributed by atoms with van der Waals surface area (Å²) in [4.78, 5) is 21.6. The number of aromatic amines is 2. The number of anilines is 2. The fourth-order valence-electron chi connectivity index (χ4n) is 6.50. The van der Waals surface area contributed by atoms with Crippen LogP contribution in [0.3, 0.4) is 0 Å². The minimum atomic E-state index is -0.645. The topological polar surface area (TPSA) is 244 Å². The Hall–Kier alpha value is -6.33. The molecule has 0 saturated heterocycles. The molecule has 0 spiro atoms. The van der Waals surface area contributed by atoms with E-state index in [1.54, 1.807) is 33.0 Å². The Bertz CT molecular complexity index is 2340. The molecule has 0 aliphatic carbocycles. The number of rotatable bonds is 1. The van der Waals surface area contributed by atoms with Gasteiger partial charge >= 0.3 is 6.09 Å². The highest BCUT2D eigenvalue weighted by atomic mass is 16.6. The number of carbonyl (C=O) groups excluding carboxylic acids is 1. The van der Waals surface area contributed by atoms with E-state index in [-0.39, 0.29) is 24.0 Å². The molecule has 18 heteroatoms. The van der Waals surface area contributed by atoms with Crippen LogP contribution in [0.5, 0.6) is 11.8 Å². The zero-order chi connectivity index (χ0) is 40.3. The van der Waals surface area contributed by atoms with Gasteiger partial charge in [-0.15, -0.1) is 20.4 Å². The number of hydrogen-bond acceptors (Lipinski definition) is 15. The molecule has 2 atom stereocenters. The molecule has 0 fully saturated rings. The number of H-pyrrole nitrogens is 2. The lowest BCUT2D eigenvalue weighted by Gasteiger charge is -2.21. The SMILES string of the molecule is Cc1cc(N)c2nc1O[C@H](C)CCCCc1cn[nH]c1-c1nnc-2o1.Cc1cc(NC(=O)OC(C)(C)C)c2nc1O[C@H](C)CCCCc1cn[nH]c1-c1nnc-2o1. The van der Waals surface area contributed by atoms with Gasteiger partial charge in [0.05, 0.1) is 36.0 Å². The molecule has 8 rings (SSSR count). The van der Waals surface area contributed by atoms with E-state index >= 15 is 0 Å². The lowest BCUT2D eigenvalue weighted by Crippen LogP contribution is -2.27. The summed E-state index contributed by atoms with van der Waals surface area (Å²) < 4.78 is 29.3. The molecule has 300 valence electrons. The van der Waals surface area contributed by atoms with E-state index in [1.807, 2.05) is 33.0 Å². The van der Waals surface area contributed by atoms with Crippen molar-refractivity contribution in [2.45, 2.75) is 118 Å². The van der Waals surface area contributed by atoms with E-state index in [2.05, 4.69) is 63.0 Å². The highest BCUT2D eigenvalue weighted by molar-refractivity contribution is 5.89. The lowest BCUT2D eigenvalue weighted by atomic mass is 10.1. The Morgan fingerprint density at radius 2 is 1.25 bits per heavy atom. The number of hydrogen-bond donors (Lipinski definition) is 4. The Morgan fingerprint density at radius 3 is 1.79 bits per heavy atom. The Balaban J connectivity index is 0.000000179. The summed E-state index contributed by atoms with van der Waals surface area (Å²) in [6.07, 6.45) is 10.6. The molecule has 0 radical (unpaired) electrons. The van der Waals surface area contributed by atoms with Crippen molar-refractivity contribution < 1.29 is 27.8 Å². The predicted octanol–water partition coefficient (Wildman–Crippen LogP) is 7.58. The average Bonchev–Trinajstić information content (AvgIpc) is 3.97. The molecule has 5 N–H and O–H groups in total. The molecule has 1 amide bonds. The van der Waals surface area contributed by atoms with Crippen molar-refractivity contribution in [3.63, 3.8) is 0 Å². The number of fused-ring (bicyclic) bond motifs is 14. The first-order chi connectivity index (χ1) is 27.3. The number of aryl methyl sites for hydroxylation is 4. The van der Waals surface area contributed by atoms with Crippen molar-refractivity contribution in [2.24, 2.45) is 0 Å². The van der Waals surface area contributed by atoms with Crippen LogP contribution in [0.25, 0.3) is 46.3 Å². The van der Waals surface area contributed by atoms with Crippen molar-refractivity contribution in [1.82, 2.24) is 50.8 Å². The van der Waals surface area contributed by atoms with Gasteiger partial charge in [-0.3, -0.25) is 15.5 Å². The van der Waals surface area contributed by atoms with Crippen LogP contribution >= 0.6 is 0 Å². The number of aromatic nitrogens is 10. The third-order valence-electron chi connectivity index (χ3n) is 9.36. The number of pyridine rings is 2. The Morgan fingerprint density at radius 1 is 0.754 bits per heavy atom. The number of nitrogen functional groups attached to an aromatic ring is 1. The highest BCUT2D eigenvalue weighted by Gasteiger charge is 2.25. The van der Waals surface area contributed by atoms with E-state index in [0.717, 1.165) is 79.3 Å². The number of nitrogens with two attached hydrogens (primary N) is 1. The van der Waals surface area contributed by atoms with Crippen molar-refractivity contribution in [2.75, 3.05) is 11.1 Å². The van der Waals surface area contributed by atoms with E-state index in [1.165, 1.54) is 0 Å². The van der Waals surface area contributed by atoms with Gasteiger partial charge < -0.3 is 28.8 Å². The molecule has 6 aromatic heterocycles. The minimum Gasteiger partial charge on any atom is -0.474 e. The van der Waals surface area contributed by atoms with Crippen LogP contribution in [0.4, 0.5) is 16.2 Å². The Labute approximate surface area is 329 Å². The molecular weight excluding hydrogens is 733 g/mol. The maximum Gasteiger partial charge on any atom is 0.412 e. The first-order valence-corrected chi connectivity index (χ1v) is 19.2. The summed E-state index contributed by atoms with van der Waals surface area (Å²) in [6, 6.07) is 3.59. The number of nitrogens with zero attached hydrogens (tertiary/aromatic N) is 8. The van der Waals surface area contributed by atoms with E-state index < -0.39 is 11.7 Å². The lowest BCUT2D eigenvalue weighted by molar-refractivity contribution is 0.0635. The van der Waals surface area contributed by atoms with Crippen LogP contribution in [0.2, 0.25) is 0 Å². The second-order valence-electron chi connectivity index (χ2n) is 15.4. The molecule has 2 aliphatic heterocycles. The molecule has 6 aromatic rings. The predicted molar refractivity (Wildman–Crippen MR) is 209 cm³/mol. The van der Waals surface area contributed by atoms with Crippen molar-refractivity contribution >= 4 is 17.5 Å². The standard InChI is InChI=1S/C22H28N6O4.C17H20N6O2/c1-12-10-15(24-21(29)32-22(3,4)5)17-20-28-27-19(31-20)16-14(11-23-26-16)9-7-6-8-13(2)30-18(12)25-17;1-9-7-12(18)14-17-23-22-16(25-17)13-11(8-19-21-13)6-4-3-5-10(2)24-15(9)20-14/h10-11,13H,6-9H2,1-5H3,(H,23,26)(H,24,29);7-8,10H,3-6,18H2,1-2H3,(H,19,21)/t13-;10-/m11/s1. The van der Waals surface area contributed by atoms with Gasteiger partial charge in [0.1, 0.15) is 17.0 Å². The van der Waals surface area contributed by atoms with Gasteiger partial charge in [0.25, 0.3) is 23.6 Å². The smallest absolute Gasteiger partial charge is 0.412 e. The van der Waals surface area contributed by atoms with Gasteiger partial charge in [-0.25, -0.2) is 14.8 Å². The normalized spacial score (nSPS) is 16.9. The molecular formula is C39H48N12O6. The average molecular weight is 781 g/mol. The highest BCUT2D eigenvalue weighted by Crippen LogP contribution is 2.35. The fourth-order valence-corrected chi connectivity index (χ4v) is 6.50. The number of ether oxygens (including phenoxy) is 3. The van der Waals surface area contributed by atoms with Gasteiger partial charge in [-0.2, -0.15) is 10.2 Å². The van der Waals surface area contributed by atoms with Crippen LogP contribution in [-0.4, -0.2) is 74.7 Å². The summed E-state index contributed by atoms with van der Waals surface area (Å²) in [5, 5.41) is 33.5. The number of carbonyl (C=O) groups is 1. The monoisotopic (exact) mass is 780 g/mol. The quantitative estimate of drug-likeness (QED) is 0.126. The number of amides is 1. The first-order valence-electron chi connectivity index (χ1n) is 19.2. The second kappa shape index (κ2) is 16.4. The van der Waals surface area contributed by atoms with Crippen LogP contribution in [0, 0.1) is 13.8 Å². The fraction of sp³-hybridized carbons (Fsp3) is 0.462. The first kappa shape index (κ1) is 38.9. The minimum absolute atomic E-state index is 0.0243. The van der Waals surface area contributed by atoms with Gasteiger partial charge in [0.2, 0.25) is 11.8 Å². The maximum absolute atomic E-state index is 12.4. The maximum atomic E-state index is 12.4. The zero-order valence-corrected chi connectivity index (χ0v) is 33.2. The van der Waals surface area contributed by atoms with Gasteiger partial charge in [0.15, 0.2) is 11.4 Å². The third kappa shape index (κ3) is 9.22. The van der Waals surface area contributed by atoms with E-state index in [0.29, 0.717) is 52.0 Å². The van der Waals surface area contributed by atoms with E-state index in [9.17, 15) is 4.79 Å². The van der Waals surface area contributed by atoms with E-state index in [4.69, 9.17) is 28.8 Å². The van der Waals surface area contributed by atoms with Crippen LogP contribution in [-0.2, 0) is 17.6 Å². The third-order valence-corrected chi connectivity index (χ3v) is 9.36. The molecule has 18 nitrogen and oxygen atoms in total. The zero-order valence-electron chi connectivity index (χ0n) is 33.2. The molecule has 2 aliphatic rings. The van der Waals surface area contributed by atoms with Gasteiger partial charge in [-0.1, -0.05) is 0 Å². The van der Waals surface area contributed by atoms with Crippen LogP contribution < -0.4 is 20.5 Å². The van der Waals surface area contributed by atoms with Gasteiger partial charge in [0, 0.05) is 22.3 Å². The van der Waals surface area contributed by atoms with Crippen molar-refractivity contribution in [3.8, 4) is 58.1 Å². The largest absolute Gasteiger partial charge is 0.474 e. The molecule has 0 saturated carbocycles. The molecule has 57 heavy (non-hydrogen) atoms.